The molecule has 1 aliphatic carbocycles. The molecule has 0 aliphatic heterocycles. The highest BCUT2D eigenvalue weighted by Gasteiger charge is 2.26. The number of nitrogens with zero attached hydrogens (tertiary/aromatic N) is 4. The summed E-state index contributed by atoms with van der Waals surface area (Å²) >= 11 is 0. The molecule has 0 saturated heterocycles. The van der Waals surface area contributed by atoms with Crippen LogP contribution in [-0.4, -0.2) is 19.1 Å². The van der Waals surface area contributed by atoms with E-state index in [-0.39, 0.29) is 0 Å². The summed E-state index contributed by atoms with van der Waals surface area (Å²) in [6.07, 6.45) is 3.01. The second-order valence-corrected chi connectivity index (χ2v) is 15.1. The van der Waals surface area contributed by atoms with E-state index in [1.807, 2.05) is 0 Å². The van der Waals surface area contributed by atoms with Gasteiger partial charge in [0.25, 0.3) is 0 Å². The second kappa shape index (κ2) is 13.9. The lowest BCUT2D eigenvalue weighted by Crippen LogP contribution is -2.00. The Kier molecular flexibility index (Phi) is 8.07. The zero-order valence-electron chi connectivity index (χ0n) is 32.0. The Hall–Kier alpha value is -7.56. The van der Waals surface area contributed by atoms with Gasteiger partial charge in [-0.1, -0.05) is 140 Å². The zero-order chi connectivity index (χ0) is 38.6. The van der Waals surface area contributed by atoms with Crippen LogP contribution in [0.1, 0.15) is 16.7 Å². The molecular formula is C54H38N4. The van der Waals surface area contributed by atoms with Crippen LogP contribution >= 0.6 is 0 Å². The van der Waals surface area contributed by atoms with Gasteiger partial charge < -0.3 is 9.13 Å². The van der Waals surface area contributed by atoms with Gasteiger partial charge in [-0.25, -0.2) is 9.97 Å². The Bertz CT molecular complexity index is 3260. The minimum absolute atomic E-state index is 0.731. The van der Waals surface area contributed by atoms with E-state index in [9.17, 15) is 0 Å². The molecule has 0 fully saturated rings. The standard InChI is InChI=1S/C54H38N4/c1-36-32-38(20-15-31-57(42-21-6-3-7-22-42)49-27-12-10-24-44(36)49)39-29-30-51-47(34-39)46-26-11-13-28-50(46)58(51)43-23-14-19-41(33-43)54-55-52(37-16-4-2-5-17-37)48-35-40-18-8-9-25-45(40)53(48)56-54/h2-34H,35H2,1H3. The van der Waals surface area contributed by atoms with E-state index in [0.29, 0.717) is 0 Å². The zero-order valence-corrected chi connectivity index (χ0v) is 32.0. The van der Waals surface area contributed by atoms with Crippen molar-refractivity contribution in [2.24, 2.45) is 0 Å². The number of rotatable bonds is 5. The van der Waals surface area contributed by atoms with Crippen LogP contribution in [0, 0.1) is 6.92 Å². The monoisotopic (exact) mass is 742 g/mol. The molecule has 11 rings (SSSR count). The Morgan fingerprint density at radius 3 is 1.93 bits per heavy atom. The van der Waals surface area contributed by atoms with Crippen molar-refractivity contribution in [1.82, 2.24) is 19.1 Å². The predicted octanol–water partition coefficient (Wildman–Crippen LogP) is 13.5. The maximum Gasteiger partial charge on any atom is 0.160 e. The number of aromatic nitrogens is 4. The van der Waals surface area contributed by atoms with E-state index in [0.717, 1.165) is 68.2 Å². The van der Waals surface area contributed by atoms with E-state index in [2.05, 4.69) is 216 Å². The lowest BCUT2D eigenvalue weighted by atomic mass is 10.0. The predicted molar refractivity (Wildman–Crippen MR) is 240 cm³/mol. The maximum absolute atomic E-state index is 5.30. The summed E-state index contributed by atoms with van der Waals surface area (Å²) in [7, 11) is 0. The van der Waals surface area contributed by atoms with Crippen molar-refractivity contribution < 1.29 is 0 Å². The molecule has 3 heterocycles. The molecule has 0 spiro atoms. The molecule has 274 valence electrons. The van der Waals surface area contributed by atoms with Crippen LogP contribution in [0.5, 0.6) is 0 Å². The van der Waals surface area contributed by atoms with E-state index in [1.54, 1.807) is 0 Å². The number of benzene rings is 7. The largest absolute Gasteiger partial charge is 0.317 e. The normalized spacial score (nSPS) is 11.8. The molecule has 1 aliphatic rings. The first kappa shape index (κ1) is 33.8. The highest BCUT2D eigenvalue weighted by molar-refractivity contribution is 6.10. The summed E-state index contributed by atoms with van der Waals surface area (Å²) in [4.78, 5) is 10.6. The summed E-state index contributed by atoms with van der Waals surface area (Å²) in [5, 5.41) is 3.62. The van der Waals surface area contributed by atoms with Gasteiger partial charge in [0, 0.05) is 62.4 Å². The topological polar surface area (TPSA) is 35.6 Å². The Labute approximate surface area is 337 Å². The molecule has 3 aromatic heterocycles. The van der Waals surface area contributed by atoms with Crippen molar-refractivity contribution in [1.29, 1.82) is 0 Å². The average Bonchev–Trinajstić information content (AvgIpc) is 3.85. The fourth-order valence-electron chi connectivity index (χ4n) is 8.83. The summed E-state index contributed by atoms with van der Waals surface area (Å²) in [5.41, 5.74) is 17.0. The van der Waals surface area contributed by atoms with Crippen molar-refractivity contribution in [3.05, 3.63) is 217 Å². The lowest BCUT2D eigenvalue weighted by Gasteiger charge is -2.13. The van der Waals surface area contributed by atoms with Crippen LogP contribution in [-0.2, 0) is 6.42 Å². The fourth-order valence-corrected chi connectivity index (χ4v) is 8.83. The van der Waals surface area contributed by atoms with E-state index in [1.165, 1.54) is 44.0 Å². The Balaban J connectivity index is 1.06. The molecule has 58 heavy (non-hydrogen) atoms. The van der Waals surface area contributed by atoms with Gasteiger partial charge in [0.1, 0.15) is 0 Å². The molecule has 0 radical (unpaired) electrons. The van der Waals surface area contributed by atoms with Gasteiger partial charge in [-0.15, -0.1) is 0 Å². The molecule has 7 aromatic carbocycles. The van der Waals surface area contributed by atoms with Crippen LogP contribution in [0.2, 0.25) is 0 Å². The molecule has 0 atom stereocenters. The number of para-hydroxylation sites is 3. The molecule has 4 nitrogen and oxygen atoms in total. The molecular weight excluding hydrogens is 705 g/mol. The van der Waals surface area contributed by atoms with Gasteiger partial charge in [-0.2, -0.15) is 0 Å². The molecule has 0 bridgehead atoms. The summed E-state index contributed by atoms with van der Waals surface area (Å²) in [5.74, 6) is 0.731. The SMILES string of the molecule is Cc1cc(-c2ccc3c(c2)c2ccccc2n3-c2cccc(-c3nc(-c4ccccc4)c4c(n3)-c3ccccc3C4)c2)cccn(-c2ccccc2)c2ccccc12. The van der Waals surface area contributed by atoms with Gasteiger partial charge >= 0.3 is 0 Å². The third kappa shape index (κ3) is 5.69. The van der Waals surface area contributed by atoms with Crippen LogP contribution < -0.4 is 0 Å². The fraction of sp³-hybridized carbons (Fsp3) is 0.0370. The van der Waals surface area contributed by atoms with E-state index >= 15 is 0 Å². The van der Waals surface area contributed by atoms with Gasteiger partial charge in [-0.05, 0) is 83.8 Å². The third-order valence-corrected chi connectivity index (χ3v) is 11.6. The van der Waals surface area contributed by atoms with Crippen LogP contribution in [0.25, 0.3) is 89.1 Å². The molecule has 4 heteroatoms. The molecule has 0 N–H and O–H groups in total. The van der Waals surface area contributed by atoms with Crippen LogP contribution in [0.3, 0.4) is 0 Å². The maximum atomic E-state index is 5.30. The average molecular weight is 743 g/mol. The summed E-state index contributed by atoms with van der Waals surface area (Å²) in [6, 6.07) is 69.4. The lowest BCUT2D eigenvalue weighted by molar-refractivity contribution is 1.11. The van der Waals surface area contributed by atoms with Gasteiger partial charge in [0.2, 0.25) is 0 Å². The first-order valence-electron chi connectivity index (χ1n) is 19.9. The first-order valence-corrected chi connectivity index (χ1v) is 19.9. The Morgan fingerprint density at radius 1 is 0.431 bits per heavy atom. The van der Waals surface area contributed by atoms with Crippen molar-refractivity contribution in [3.8, 4) is 56.4 Å². The summed E-state index contributed by atoms with van der Waals surface area (Å²) in [6.45, 7) is 2.21. The van der Waals surface area contributed by atoms with Gasteiger partial charge in [0.05, 0.1) is 27.9 Å². The van der Waals surface area contributed by atoms with Crippen LogP contribution in [0.4, 0.5) is 0 Å². The molecule has 0 saturated carbocycles. The second-order valence-electron chi connectivity index (χ2n) is 15.1. The number of aryl methyl sites for hydroxylation is 1. The Morgan fingerprint density at radius 2 is 1.07 bits per heavy atom. The van der Waals surface area contributed by atoms with Crippen molar-refractivity contribution in [2.45, 2.75) is 13.3 Å². The highest BCUT2D eigenvalue weighted by atomic mass is 15.0. The van der Waals surface area contributed by atoms with Crippen LogP contribution in [0.15, 0.2) is 200 Å². The van der Waals surface area contributed by atoms with Crippen molar-refractivity contribution in [3.63, 3.8) is 0 Å². The smallest absolute Gasteiger partial charge is 0.160 e. The van der Waals surface area contributed by atoms with Gasteiger partial charge in [0.15, 0.2) is 5.82 Å². The van der Waals surface area contributed by atoms with Gasteiger partial charge in [-0.3, -0.25) is 0 Å². The third-order valence-electron chi connectivity index (χ3n) is 11.6. The van der Waals surface area contributed by atoms with E-state index in [4.69, 9.17) is 9.97 Å². The highest BCUT2D eigenvalue weighted by Crippen LogP contribution is 2.42. The minimum atomic E-state index is 0.731. The first-order chi connectivity index (χ1) is 28.7. The summed E-state index contributed by atoms with van der Waals surface area (Å²) < 4.78 is 4.65. The molecule has 0 unspecified atom stereocenters. The quantitative estimate of drug-likeness (QED) is 0.176. The van der Waals surface area contributed by atoms with E-state index < -0.39 is 0 Å². The number of hydrogen-bond acceptors (Lipinski definition) is 2. The number of hydrogen-bond donors (Lipinski definition) is 0. The minimum Gasteiger partial charge on any atom is -0.317 e. The molecule has 10 aromatic rings. The van der Waals surface area contributed by atoms with Crippen molar-refractivity contribution in [2.75, 3.05) is 0 Å². The number of fused-ring (bicyclic) bond motifs is 7. The molecule has 0 amide bonds. The van der Waals surface area contributed by atoms with Crippen molar-refractivity contribution >= 4 is 32.7 Å².